The molecule has 2 unspecified atom stereocenters. The van der Waals surface area contributed by atoms with Gasteiger partial charge in [-0.05, 0) is 5.66 Å². The molecule has 0 saturated heterocycles. The lowest BCUT2D eigenvalue weighted by molar-refractivity contribution is -0.107. The highest BCUT2D eigenvalue weighted by Gasteiger charge is 1.86. The summed E-state index contributed by atoms with van der Waals surface area (Å²) >= 11 is 0. The Labute approximate surface area is 40.3 Å². The molecule has 36 valence electrons. The summed E-state index contributed by atoms with van der Waals surface area (Å²) in [5.41, 5.74) is 0.447. The SMILES string of the molecule is CC(P)CC=O. The summed E-state index contributed by atoms with van der Waals surface area (Å²) in [6, 6.07) is 0. The molecule has 0 rings (SSSR count). The van der Waals surface area contributed by atoms with Crippen molar-refractivity contribution >= 4 is 15.5 Å². The predicted octanol–water partition coefficient (Wildman–Crippen LogP) is 0.839. The van der Waals surface area contributed by atoms with E-state index in [4.69, 9.17) is 0 Å². The van der Waals surface area contributed by atoms with Crippen molar-refractivity contribution in [1.82, 2.24) is 0 Å². The highest BCUT2D eigenvalue weighted by Crippen LogP contribution is 1.98. The Hall–Kier alpha value is 0.100. The first kappa shape index (κ1) is 6.10. The fraction of sp³-hybridized carbons (Fsp3) is 0.750. The van der Waals surface area contributed by atoms with Gasteiger partial charge in [0.15, 0.2) is 0 Å². The molecule has 0 bridgehead atoms. The maximum absolute atomic E-state index is 9.60. The topological polar surface area (TPSA) is 17.1 Å². The van der Waals surface area contributed by atoms with Gasteiger partial charge >= 0.3 is 0 Å². The molecule has 0 aromatic carbocycles. The summed E-state index contributed by atoms with van der Waals surface area (Å²) in [7, 11) is 2.55. The van der Waals surface area contributed by atoms with Gasteiger partial charge < -0.3 is 4.79 Å². The van der Waals surface area contributed by atoms with Gasteiger partial charge in [-0.25, -0.2) is 0 Å². The van der Waals surface area contributed by atoms with Crippen LogP contribution in [0, 0.1) is 0 Å². The summed E-state index contributed by atoms with van der Waals surface area (Å²) in [5, 5.41) is 0. The normalized spacial score (nSPS) is 13.7. The van der Waals surface area contributed by atoms with E-state index in [0.29, 0.717) is 12.1 Å². The van der Waals surface area contributed by atoms with E-state index in [9.17, 15) is 4.79 Å². The van der Waals surface area contributed by atoms with Crippen LogP contribution >= 0.6 is 9.24 Å². The minimum atomic E-state index is 0.447. The summed E-state index contributed by atoms with van der Waals surface area (Å²) in [6.45, 7) is 1.99. The third kappa shape index (κ3) is 4.10. The fourth-order valence-corrected chi connectivity index (χ4v) is 0.263. The molecule has 0 N–H and O–H groups in total. The van der Waals surface area contributed by atoms with Crippen LogP contribution < -0.4 is 0 Å². The highest BCUT2D eigenvalue weighted by atomic mass is 31.0. The van der Waals surface area contributed by atoms with Crippen LogP contribution in [0.15, 0.2) is 0 Å². The molecule has 0 aliphatic carbocycles. The molecule has 0 radical (unpaired) electrons. The number of aldehydes is 1. The van der Waals surface area contributed by atoms with Crippen molar-refractivity contribution in [2.24, 2.45) is 0 Å². The lowest BCUT2D eigenvalue weighted by Gasteiger charge is -1.89. The average molecular weight is 104 g/mol. The van der Waals surface area contributed by atoms with Crippen molar-refractivity contribution in [3.05, 3.63) is 0 Å². The summed E-state index contributed by atoms with van der Waals surface area (Å²) in [6.07, 6.45) is 1.59. The first-order chi connectivity index (χ1) is 2.77. The molecule has 0 saturated carbocycles. The van der Waals surface area contributed by atoms with Gasteiger partial charge in [-0.2, -0.15) is 0 Å². The summed E-state index contributed by atoms with van der Waals surface area (Å²) in [4.78, 5) is 9.60. The van der Waals surface area contributed by atoms with Crippen molar-refractivity contribution in [3.8, 4) is 0 Å². The van der Waals surface area contributed by atoms with Crippen LogP contribution in [-0.4, -0.2) is 11.9 Å². The van der Waals surface area contributed by atoms with Crippen molar-refractivity contribution < 1.29 is 4.79 Å². The quantitative estimate of drug-likeness (QED) is 0.374. The molecule has 0 aromatic heterocycles. The Morgan fingerprint density at radius 1 is 2.00 bits per heavy atom. The van der Waals surface area contributed by atoms with Gasteiger partial charge in [0.2, 0.25) is 0 Å². The van der Waals surface area contributed by atoms with E-state index in [1.807, 2.05) is 6.92 Å². The second-order valence-electron chi connectivity index (χ2n) is 1.38. The van der Waals surface area contributed by atoms with Gasteiger partial charge in [-0.3, -0.25) is 0 Å². The molecule has 0 aromatic rings. The molecule has 2 heteroatoms. The van der Waals surface area contributed by atoms with E-state index in [1.54, 1.807) is 0 Å². The minimum absolute atomic E-state index is 0.447. The third-order valence-electron chi connectivity index (χ3n) is 0.468. The molecule has 0 spiro atoms. The van der Waals surface area contributed by atoms with E-state index < -0.39 is 0 Å². The van der Waals surface area contributed by atoms with E-state index >= 15 is 0 Å². The van der Waals surface area contributed by atoms with Crippen molar-refractivity contribution in [2.45, 2.75) is 19.0 Å². The molecular weight excluding hydrogens is 95.0 g/mol. The van der Waals surface area contributed by atoms with Crippen molar-refractivity contribution in [1.29, 1.82) is 0 Å². The van der Waals surface area contributed by atoms with Gasteiger partial charge in [0.05, 0.1) is 0 Å². The molecule has 0 aliphatic rings. The molecule has 0 fully saturated rings. The maximum atomic E-state index is 9.60. The van der Waals surface area contributed by atoms with E-state index in [-0.39, 0.29) is 0 Å². The Bertz CT molecular complexity index is 42.8. The second-order valence-corrected chi connectivity index (χ2v) is 2.52. The van der Waals surface area contributed by atoms with Gasteiger partial charge in [0.1, 0.15) is 6.29 Å². The van der Waals surface area contributed by atoms with Crippen LogP contribution in [0.3, 0.4) is 0 Å². The monoisotopic (exact) mass is 104 g/mol. The van der Waals surface area contributed by atoms with Crippen molar-refractivity contribution in [3.63, 3.8) is 0 Å². The van der Waals surface area contributed by atoms with Gasteiger partial charge in [-0.15, -0.1) is 9.24 Å². The Balaban J connectivity index is 2.81. The summed E-state index contributed by atoms with van der Waals surface area (Å²) in [5.74, 6) is 0. The molecule has 6 heavy (non-hydrogen) atoms. The van der Waals surface area contributed by atoms with Crippen molar-refractivity contribution in [2.75, 3.05) is 0 Å². The number of carbonyl (C=O) groups is 1. The van der Waals surface area contributed by atoms with E-state index in [1.165, 1.54) is 0 Å². The standard InChI is InChI=1S/C4H9OP/c1-4(6)2-3-5/h3-4H,2,6H2,1H3. The minimum Gasteiger partial charge on any atom is -0.303 e. The Morgan fingerprint density at radius 2 is 2.50 bits per heavy atom. The zero-order valence-corrected chi connectivity index (χ0v) is 5.00. The van der Waals surface area contributed by atoms with Crippen LogP contribution in [0.4, 0.5) is 0 Å². The lowest BCUT2D eigenvalue weighted by Crippen LogP contribution is -1.87. The molecule has 0 heterocycles. The molecule has 1 nitrogen and oxygen atoms in total. The van der Waals surface area contributed by atoms with Crippen LogP contribution in [0.1, 0.15) is 13.3 Å². The first-order valence-corrected chi connectivity index (χ1v) is 2.63. The predicted molar refractivity (Wildman–Crippen MR) is 29.9 cm³/mol. The molecule has 0 aliphatic heterocycles. The third-order valence-corrected chi connectivity index (χ3v) is 0.740. The molecular formula is C4H9OP. The second kappa shape index (κ2) is 3.30. The maximum Gasteiger partial charge on any atom is 0.120 e. The highest BCUT2D eigenvalue weighted by molar-refractivity contribution is 7.17. The van der Waals surface area contributed by atoms with Crippen LogP contribution in [0.2, 0.25) is 0 Å². The lowest BCUT2D eigenvalue weighted by atomic mass is 10.4. The van der Waals surface area contributed by atoms with Gasteiger partial charge in [0, 0.05) is 6.42 Å². The zero-order chi connectivity index (χ0) is 4.99. The van der Waals surface area contributed by atoms with Crippen LogP contribution in [-0.2, 0) is 4.79 Å². The smallest absolute Gasteiger partial charge is 0.120 e. The Morgan fingerprint density at radius 3 is 2.50 bits per heavy atom. The number of hydrogen-bond donors (Lipinski definition) is 0. The van der Waals surface area contributed by atoms with Crippen LogP contribution in [0.25, 0.3) is 0 Å². The average Bonchev–Trinajstić information content (AvgIpc) is 1.35. The zero-order valence-electron chi connectivity index (χ0n) is 3.85. The first-order valence-electron chi connectivity index (χ1n) is 1.96. The number of hydrogen-bond acceptors (Lipinski definition) is 1. The Kier molecular flexibility index (Phi) is 3.35. The van der Waals surface area contributed by atoms with Gasteiger partial charge in [0.25, 0.3) is 0 Å². The van der Waals surface area contributed by atoms with E-state index in [0.717, 1.165) is 6.29 Å². The van der Waals surface area contributed by atoms with Gasteiger partial charge in [-0.1, -0.05) is 6.92 Å². The fourth-order valence-electron chi connectivity index (χ4n) is 0.152. The molecule has 0 amide bonds. The van der Waals surface area contributed by atoms with Crippen LogP contribution in [0.5, 0.6) is 0 Å². The number of rotatable bonds is 2. The van der Waals surface area contributed by atoms with E-state index in [2.05, 4.69) is 9.24 Å². The number of carbonyl (C=O) groups excluding carboxylic acids is 1. The summed E-state index contributed by atoms with van der Waals surface area (Å²) < 4.78 is 0. The molecule has 2 atom stereocenters. The largest absolute Gasteiger partial charge is 0.303 e.